The molecule has 0 atom stereocenters. The predicted molar refractivity (Wildman–Crippen MR) is 111 cm³/mol. The van der Waals surface area contributed by atoms with E-state index in [4.69, 9.17) is 17.0 Å². The Morgan fingerprint density at radius 1 is 1.37 bits per heavy atom. The van der Waals surface area contributed by atoms with Crippen LogP contribution in [0.5, 0.6) is 11.5 Å². The molecule has 27 heavy (non-hydrogen) atoms. The van der Waals surface area contributed by atoms with Gasteiger partial charge >= 0.3 is 0 Å². The lowest BCUT2D eigenvalue weighted by atomic mass is 10.1. The number of rotatable bonds is 5. The topological polar surface area (TPSA) is 49.8 Å². The molecule has 1 aliphatic rings. The van der Waals surface area contributed by atoms with Crippen LogP contribution >= 0.6 is 24.0 Å². The number of phenols is 1. The van der Waals surface area contributed by atoms with E-state index >= 15 is 0 Å². The van der Waals surface area contributed by atoms with Crippen LogP contribution in [-0.2, 0) is 11.2 Å². The van der Waals surface area contributed by atoms with E-state index in [-0.39, 0.29) is 11.7 Å². The van der Waals surface area contributed by atoms with Crippen molar-refractivity contribution in [2.45, 2.75) is 6.42 Å². The van der Waals surface area contributed by atoms with E-state index < -0.39 is 5.82 Å². The summed E-state index contributed by atoms with van der Waals surface area (Å²) in [4.78, 5) is 14.5. The second-order valence-electron chi connectivity index (χ2n) is 5.72. The summed E-state index contributed by atoms with van der Waals surface area (Å²) < 4.78 is 19.0. The van der Waals surface area contributed by atoms with Gasteiger partial charge in [0, 0.05) is 5.56 Å². The van der Waals surface area contributed by atoms with Gasteiger partial charge in [-0.3, -0.25) is 9.69 Å². The van der Waals surface area contributed by atoms with E-state index in [0.29, 0.717) is 38.2 Å². The molecular weight excluding hydrogens is 385 g/mol. The van der Waals surface area contributed by atoms with Gasteiger partial charge in [0.2, 0.25) is 0 Å². The summed E-state index contributed by atoms with van der Waals surface area (Å²) in [5.74, 6) is -0.418. The van der Waals surface area contributed by atoms with E-state index in [0.717, 1.165) is 11.8 Å². The van der Waals surface area contributed by atoms with Gasteiger partial charge in [-0.1, -0.05) is 36.1 Å². The number of methoxy groups -OCH3 is 1. The third-order valence-electron chi connectivity index (χ3n) is 3.92. The number of anilines is 1. The van der Waals surface area contributed by atoms with Crippen LogP contribution in [0.1, 0.15) is 11.1 Å². The quantitative estimate of drug-likeness (QED) is 0.448. The highest BCUT2D eigenvalue weighted by atomic mass is 32.2. The van der Waals surface area contributed by atoms with E-state index in [1.165, 1.54) is 30.2 Å². The van der Waals surface area contributed by atoms with E-state index in [1.807, 2.05) is 0 Å². The van der Waals surface area contributed by atoms with Crippen molar-refractivity contribution in [2.75, 3.05) is 12.0 Å². The largest absolute Gasteiger partial charge is 0.504 e. The molecule has 1 amide bonds. The Bertz CT molecular complexity index is 972. The average Bonchev–Trinajstić information content (AvgIpc) is 2.91. The molecule has 1 heterocycles. The fourth-order valence-corrected chi connectivity index (χ4v) is 4.00. The molecule has 1 fully saturated rings. The number of carbonyl (C=O) groups is 1. The normalized spacial score (nSPS) is 15.5. The third kappa shape index (κ3) is 3.89. The van der Waals surface area contributed by atoms with Gasteiger partial charge in [0.1, 0.15) is 5.82 Å². The van der Waals surface area contributed by atoms with Crippen molar-refractivity contribution in [3.8, 4) is 11.5 Å². The van der Waals surface area contributed by atoms with E-state index in [2.05, 4.69) is 6.58 Å². The number of amides is 1. The zero-order valence-corrected chi connectivity index (χ0v) is 16.1. The monoisotopic (exact) mass is 401 g/mol. The van der Waals surface area contributed by atoms with Crippen molar-refractivity contribution in [1.29, 1.82) is 0 Å². The van der Waals surface area contributed by atoms with Crippen molar-refractivity contribution in [2.24, 2.45) is 0 Å². The minimum atomic E-state index is -0.442. The number of benzene rings is 2. The Hall–Kier alpha value is -2.64. The molecule has 2 aromatic carbocycles. The number of thioether (sulfide) groups is 1. The lowest BCUT2D eigenvalue weighted by molar-refractivity contribution is -0.113. The number of thiocarbonyl (C=S) groups is 1. The summed E-state index contributed by atoms with van der Waals surface area (Å²) in [5.41, 5.74) is 1.70. The molecule has 138 valence electrons. The summed E-state index contributed by atoms with van der Waals surface area (Å²) >= 11 is 6.44. The summed E-state index contributed by atoms with van der Waals surface area (Å²) in [6.45, 7) is 3.68. The van der Waals surface area contributed by atoms with Gasteiger partial charge in [0.25, 0.3) is 5.91 Å². The summed E-state index contributed by atoms with van der Waals surface area (Å²) in [5, 5.41) is 10.2. The molecule has 7 heteroatoms. The van der Waals surface area contributed by atoms with E-state index in [1.54, 1.807) is 30.4 Å². The predicted octanol–water partition coefficient (Wildman–Crippen LogP) is 4.67. The number of allylic oxidation sites excluding steroid dienone is 1. The molecule has 0 aromatic heterocycles. The molecule has 1 aliphatic heterocycles. The molecule has 0 aliphatic carbocycles. The first-order valence-corrected chi connectivity index (χ1v) is 9.21. The molecule has 0 bridgehead atoms. The fourth-order valence-electron chi connectivity index (χ4n) is 2.70. The van der Waals surface area contributed by atoms with Gasteiger partial charge in [-0.2, -0.15) is 0 Å². The summed E-state index contributed by atoms with van der Waals surface area (Å²) in [7, 11) is 1.46. The Morgan fingerprint density at radius 3 is 2.81 bits per heavy atom. The molecular formula is C20H16FNO3S2. The number of nitrogens with zero attached hydrogens (tertiary/aromatic N) is 1. The molecule has 4 nitrogen and oxygen atoms in total. The maximum atomic E-state index is 13.5. The standard InChI is InChI=1S/C20H16FNO3S2/c1-3-5-13-8-12(9-16(25-2)18(13)23)10-17-19(24)22(20(26)27-17)15-7-4-6-14(21)11-15/h3-4,6-11,23H,1,5H2,2H3/b17-10+. The first-order valence-electron chi connectivity index (χ1n) is 7.99. The Labute approximate surface area is 165 Å². The second kappa shape index (κ2) is 7.94. The molecule has 1 N–H and O–H groups in total. The Balaban J connectivity index is 1.98. The number of hydrogen-bond acceptors (Lipinski definition) is 5. The van der Waals surface area contributed by atoms with Crippen LogP contribution in [0.4, 0.5) is 10.1 Å². The minimum absolute atomic E-state index is 0.0434. The van der Waals surface area contributed by atoms with Crippen LogP contribution in [0.25, 0.3) is 6.08 Å². The smallest absolute Gasteiger partial charge is 0.270 e. The van der Waals surface area contributed by atoms with Crippen molar-refractivity contribution in [3.05, 3.63) is 70.9 Å². The highest BCUT2D eigenvalue weighted by Gasteiger charge is 2.33. The summed E-state index contributed by atoms with van der Waals surface area (Å²) in [6.07, 6.45) is 3.79. The molecule has 0 radical (unpaired) electrons. The lowest BCUT2D eigenvalue weighted by Crippen LogP contribution is -2.27. The third-order valence-corrected chi connectivity index (χ3v) is 5.22. The highest BCUT2D eigenvalue weighted by Crippen LogP contribution is 2.38. The molecule has 0 spiro atoms. The van der Waals surface area contributed by atoms with Gasteiger partial charge in [0.15, 0.2) is 15.8 Å². The Kier molecular flexibility index (Phi) is 5.62. The van der Waals surface area contributed by atoms with Crippen LogP contribution in [0.3, 0.4) is 0 Å². The number of ether oxygens (including phenoxy) is 1. The van der Waals surface area contributed by atoms with Gasteiger partial charge in [0.05, 0.1) is 17.7 Å². The average molecular weight is 401 g/mol. The van der Waals surface area contributed by atoms with Gasteiger partial charge in [-0.05, 0) is 48.4 Å². The number of carbonyl (C=O) groups excluding carboxylic acids is 1. The van der Waals surface area contributed by atoms with Crippen LogP contribution in [0, 0.1) is 5.82 Å². The maximum absolute atomic E-state index is 13.5. The van der Waals surface area contributed by atoms with Crippen LogP contribution in [0.2, 0.25) is 0 Å². The van der Waals surface area contributed by atoms with Crippen molar-refractivity contribution in [3.63, 3.8) is 0 Å². The van der Waals surface area contributed by atoms with Crippen LogP contribution in [-0.4, -0.2) is 22.4 Å². The van der Waals surface area contributed by atoms with Gasteiger partial charge < -0.3 is 9.84 Å². The number of hydrogen-bond donors (Lipinski definition) is 1. The lowest BCUT2D eigenvalue weighted by Gasteiger charge is -2.14. The first kappa shape index (κ1) is 19.1. The molecule has 0 unspecified atom stereocenters. The second-order valence-corrected chi connectivity index (χ2v) is 7.40. The minimum Gasteiger partial charge on any atom is -0.504 e. The van der Waals surface area contributed by atoms with Crippen molar-refractivity contribution >= 4 is 46.0 Å². The first-order chi connectivity index (χ1) is 12.9. The number of halogens is 1. The molecule has 3 rings (SSSR count). The van der Waals surface area contributed by atoms with Crippen LogP contribution in [0.15, 0.2) is 54.0 Å². The molecule has 1 saturated heterocycles. The number of aromatic hydroxyl groups is 1. The van der Waals surface area contributed by atoms with Crippen molar-refractivity contribution in [1.82, 2.24) is 0 Å². The number of phenolic OH excluding ortho intramolecular Hbond substituents is 1. The van der Waals surface area contributed by atoms with Crippen molar-refractivity contribution < 1.29 is 19.0 Å². The zero-order chi connectivity index (χ0) is 19.6. The van der Waals surface area contributed by atoms with Gasteiger partial charge in [-0.25, -0.2) is 4.39 Å². The maximum Gasteiger partial charge on any atom is 0.270 e. The van der Waals surface area contributed by atoms with E-state index in [9.17, 15) is 14.3 Å². The molecule has 0 saturated carbocycles. The highest BCUT2D eigenvalue weighted by molar-refractivity contribution is 8.27. The van der Waals surface area contributed by atoms with Crippen LogP contribution < -0.4 is 9.64 Å². The molecule has 2 aromatic rings. The Morgan fingerprint density at radius 2 is 2.15 bits per heavy atom. The zero-order valence-electron chi connectivity index (χ0n) is 14.4. The summed E-state index contributed by atoms with van der Waals surface area (Å²) in [6, 6.07) is 9.12. The SMILES string of the molecule is C=CCc1cc(/C=C2/SC(=S)N(c3cccc(F)c3)C2=O)cc(OC)c1O. The van der Waals surface area contributed by atoms with Gasteiger partial charge in [-0.15, -0.1) is 6.58 Å². The fraction of sp³-hybridized carbons (Fsp3) is 0.100.